The number of benzene rings is 1. The monoisotopic (exact) mass is 229 g/mol. The van der Waals surface area contributed by atoms with E-state index in [1.165, 1.54) is 18.6 Å². The molecule has 0 spiro atoms. The maximum atomic E-state index is 12.9. The Hall–Kier alpha value is -0.610. The Morgan fingerprint density at radius 2 is 2.20 bits per heavy atom. The zero-order valence-electron chi connectivity index (χ0n) is 8.30. The molecule has 1 fully saturated rings. The molecule has 2 rings (SSSR count). The van der Waals surface area contributed by atoms with Crippen LogP contribution in [0.4, 0.5) is 8.78 Å². The molecule has 1 aromatic rings. The molecule has 1 nitrogen and oxygen atoms in total. The topological polar surface area (TPSA) is 12.0 Å². The molecule has 0 aromatic heterocycles. The van der Waals surface area contributed by atoms with Crippen molar-refractivity contribution in [1.29, 1.82) is 0 Å². The van der Waals surface area contributed by atoms with Gasteiger partial charge in [-0.1, -0.05) is 0 Å². The van der Waals surface area contributed by atoms with Gasteiger partial charge in [-0.2, -0.15) is 0 Å². The van der Waals surface area contributed by atoms with E-state index >= 15 is 0 Å². The molecule has 82 valence electrons. The third-order valence-corrected chi connectivity index (χ3v) is 3.76. The number of rotatable bonds is 3. The lowest BCUT2D eigenvalue weighted by Gasteiger charge is -2.07. The van der Waals surface area contributed by atoms with E-state index in [1.807, 2.05) is 0 Å². The highest BCUT2D eigenvalue weighted by molar-refractivity contribution is 7.99. The minimum Gasteiger partial charge on any atom is -0.316 e. The number of hydrogen-bond acceptors (Lipinski definition) is 2. The second-order valence-electron chi connectivity index (χ2n) is 3.75. The van der Waals surface area contributed by atoms with Crippen molar-refractivity contribution in [3.05, 3.63) is 29.8 Å². The number of hydrogen-bond donors (Lipinski definition) is 1. The van der Waals surface area contributed by atoms with Crippen LogP contribution in [0.2, 0.25) is 0 Å². The molecule has 0 aliphatic carbocycles. The maximum absolute atomic E-state index is 12.9. The average molecular weight is 229 g/mol. The summed E-state index contributed by atoms with van der Waals surface area (Å²) in [6.07, 6.45) is 1.18. The summed E-state index contributed by atoms with van der Waals surface area (Å²) in [4.78, 5) is 0.806. The molecular formula is C11H13F2NS. The van der Waals surface area contributed by atoms with E-state index in [9.17, 15) is 8.78 Å². The summed E-state index contributed by atoms with van der Waals surface area (Å²) in [5, 5.41) is 3.28. The van der Waals surface area contributed by atoms with Gasteiger partial charge in [0.2, 0.25) is 0 Å². The van der Waals surface area contributed by atoms with Crippen LogP contribution in [0.25, 0.3) is 0 Å². The third-order valence-electron chi connectivity index (χ3n) is 2.54. The Labute approximate surface area is 92.3 Å². The van der Waals surface area contributed by atoms with Crippen molar-refractivity contribution in [2.45, 2.75) is 11.3 Å². The first-order valence-corrected chi connectivity index (χ1v) is 6.03. The summed E-state index contributed by atoms with van der Waals surface area (Å²) in [6.45, 7) is 2.11. The van der Waals surface area contributed by atoms with Gasteiger partial charge >= 0.3 is 0 Å². The Morgan fingerprint density at radius 3 is 2.87 bits per heavy atom. The highest BCUT2D eigenvalue weighted by atomic mass is 32.2. The molecule has 0 unspecified atom stereocenters. The van der Waals surface area contributed by atoms with Gasteiger partial charge in [-0.25, -0.2) is 8.78 Å². The highest BCUT2D eigenvalue weighted by Gasteiger charge is 2.14. The van der Waals surface area contributed by atoms with Crippen molar-refractivity contribution in [3.8, 4) is 0 Å². The quantitative estimate of drug-likeness (QED) is 0.800. The minimum absolute atomic E-state index is 0.656. The summed E-state index contributed by atoms with van der Waals surface area (Å²) in [7, 11) is 0. The van der Waals surface area contributed by atoms with Crippen LogP contribution in [0.3, 0.4) is 0 Å². The zero-order chi connectivity index (χ0) is 10.7. The molecule has 0 saturated carbocycles. The fourth-order valence-corrected chi connectivity index (χ4v) is 2.70. The lowest BCUT2D eigenvalue weighted by Crippen LogP contribution is -2.10. The maximum Gasteiger partial charge on any atom is 0.159 e. The highest BCUT2D eigenvalue weighted by Crippen LogP contribution is 2.24. The molecule has 0 amide bonds. The summed E-state index contributed by atoms with van der Waals surface area (Å²) in [5.41, 5.74) is 0. The number of halogens is 2. The molecule has 1 heterocycles. The molecule has 1 saturated heterocycles. The third kappa shape index (κ3) is 2.92. The molecule has 1 aliphatic rings. The van der Waals surface area contributed by atoms with Gasteiger partial charge in [0, 0.05) is 10.6 Å². The molecule has 15 heavy (non-hydrogen) atoms. The standard InChI is InChI=1S/C11H13F2NS/c12-10-2-1-9(5-11(10)13)15-7-8-3-4-14-6-8/h1-2,5,8,14H,3-4,6-7H2/t8-/m0/s1. The van der Waals surface area contributed by atoms with Crippen molar-refractivity contribution < 1.29 is 8.78 Å². The van der Waals surface area contributed by atoms with E-state index in [4.69, 9.17) is 0 Å². The Morgan fingerprint density at radius 1 is 1.33 bits per heavy atom. The van der Waals surface area contributed by atoms with Gasteiger partial charge in [-0.3, -0.25) is 0 Å². The Balaban J connectivity index is 1.90. The second-order valence-corrected chi connectivity index (χ2v) is 4.84. The van der Waals surface area contributed by atoms with Crippen LogP contribution in [-0.4, -0.2) is 18.8 Å². The van der Waals surface area contributed by atoms with Crippen molar-refractivity contribution in [1.82, 2.24) is 5.32 Å². The summed E-state index contributed by atoms with van der Waals surface area (Å²) < 4.78 is 25.5. The zero-order valence-corrected chi connectivity index (χ0v) is 9.12. The molecule has 0 bridgehead atoms. The van der Waals surface area contributed by atoms with E-state index < -0.39 is 11.6 Å². The van der Waals surface area contributed by atoms with Gasteiger partial charge < -0.3 is 5.32 Å². The fraction of sp³-hybridized carbons (Fsp3) is 0.455. The van der Waals surface area contributed by atoms with Crippen molar-refractivity contribution in [3.63, 3.8) is 0 Å². The molecule has 0 radical (unpaired) electrons. The van der Waals surface area contributed by atoms with Gasteiger partial charge in [-0.05, 0) is 43.6 Å². The van der Waals surface area contributed by atoms with Crippen LogP contribution >= 0.6 is 11.8 Å². The van der Waals surface area contributed by atoms with Gasteiger partial charge in [0.15, 0.2) is 11.6 Å². The smallest absolute Gasteiger partial charge is 0.159 e. The van der Waals surface area contributed by atoms with E-state index in [1.54, 1.807) is 17.8 Å². The Bertz CT molecular complexity index is 337. The first-order valence-electron chi connectivity index (χ1n) is 5.04. The van der Waals surface area contributed by atoms with Crippen LogP contribution in [0, 0.1) is 17.6 Å². The molecular weight excluding hydrogens is 216 g/mol. The summed E-state index contributed by atoms with van der Waals surface area (Å²) >= 11 is 1.59. The van der Waals surface area contributed by atoms with Gasteiger partial charge in [0.25, 0.3) is 0 Å². The predicted molar refractivity (Wildman–Crippen MR) is 58.1 cm³/mol. The SMILES string of the molecule is Fc1ccc(SC[C@H]2CCNC2)cc1F. The average Bonchev–Trinajstić information content (AvgIpc) is 2.73. The normalized spacial score (nSPS) is 20.8. The largest absolute Gasteiger partial charge is 0.316 e. The Kier molecular flexibility index (Phi) is 3.59. The van der Waals surface area contributed by atoms with E-state index in [0.717, 1.165) is 23.7 Å². The van der Waals surface area contributed by atoms with E-state index in [2.05, 4.69) is 5.32 Å². The first kappa shape index (κ1) is 10.9. The van der Waals surface area contributed by atoms with Crippen molar-refractivity contribution in [2.75, 3.05) is 18.8 Å². The van der Waals surface area contributed by atoms with Gasteiger partial charge in [0.05, 0.1) is 0 Å². The summed E-state index contributed by atoms with van der Waals surface area (Å²) in [6, 6.07) is 4.08. The second kappa shape index (κ2) is 4.94. The van der Waals surface area contributed by atoms with Crippen LogP contribution in [0.15, 0.2) is 23.1 Å². The first-order chi connectivity index (χ1) is 7.25. The molecule has 1 aliphatic heterocycles. The van der Waals surface area contributed by atoms with Crippen molar-refractivity contribution in [2.24, 2.45) is 5.92 Å². The number of thioether (sulfide) groups is 1. The molecule has 1 N–H and O–H groups in total. The van der Waals surface area contributed by atoms with Gasteiger partial charge in [0.1, 0.15) is 0 Å². The van der Waals surface area contributed by atoms with Crippen LogP contribution < -0.4 is 5.32 Å². The molecule has 1 aromatic carbocycles. The number of nitrogens with one attached hydrogen (secondary N) is 1. The van der Waals surface area contributed by atoms with E-state index in [0.29, 0.717) is 5.92 Å². The van der Waals surface area contributed by atoms with Crippen LogP contribution in [0.1, 0.15) is 6.42 Å². The molecule has 1 atom stereocenters. The predicted octanol–water partition coefficient (Wildman–Crippen LogP) is 2.67. The lowest BCUT2D eigenvalue weighted by molar-refractivity contribution is 0.506. The lowest BCUT2D eigenvalue weighted by atomic mass is 10.2. The minimum atomic E-state index is -0.776. The van der Waals surface area contributed by atoms with Crippen LogP contribution in [0.5, 0.6) is 0 Å². The summed E-state index contributed by atoms with van der Waals surface area (Å²) in [5.74, 6) is 0.0903. The van der Waals surface area contributed by atoms with Gasteiger partial charge in [-0.15, -0.1) is 11.8 Å². The fourth-order valence-electron chi connectivity index (χ4n) is 1.64. The van der Waals surface area contributed by atoms with Crippen molar-refractivity contribution >= 4 is 11.8 Å². The molecule has 4 heteroatoms. The van der Waals surface area contributed by atoms with E-state index in [-0.39, 0.29) is 0 Å². The van der Waals surface area contributed by atoms with Crippen LogP contribution in [-0.2, 0) is 0 Å².